The zero-order valence-electron chi connectivity index (χ0n) is 9.87. The van der Waals surface area contributed by atoms with Crippen LogP contribution in [0.5, 0.6) is 0 Å². The highest BCUT2D eigenvalue weighted by Crippen LogP contribution is 2.15. The van der Waals surface area contributed by atoms with Crippen molar-refractivity contribution in [1.82, 2.24) is 5.32 Å². The molecule has 1 aromatic rings. The van der Waals surface area contributed by atoms with Gasteiger partial charge in [-0.2, -0.15) is 0 Å². The van der Waals surface area contributed by atoms with Crippen LogP contribution in [-0.2, 0) is 16.0 Å². The number of hydrogen-bond acceptors (Lipinski definition) is 3. The molecule has 1 unspecified atom stereocenters. The van der Waals surface area contributed by atoms with Gasteiger partial charge in [0.25, 0.3) is 0 Å². The van der Waals surface area contributed by atoms with Gasteiger partial charge in [0.1, 0.15) is 0 Å². The number of ether oxygens (including phenoxy) is 2. The summed E-state index contributed by atoms with van der Waals surface area (Å²) >= 11 is 3.52. The van der Waals surface area contributed by atoms with Gasteiger partial charge in [-0.05, 0) is 18.6 Å². The second-order valence-corrected chi connectivity index (χ2v) is 4.46. The molecule has 0 radical (unpaired) electrons. The maximum absolute atomic E-state index is 5.18. The van der Waals surface area contributed by atoms with Gasteiger partial charge in [0.2, 0.25) is 0 Å². The third-order valence-electron chi connectivity index (χ3n) is 2.45. The van der Waals surface area contributed by atoms with Crippen molar-refractivity contribution in [3.8, 4) is 0 Å². The third kappa shape index (κ3) is 3.87. The maximum Gasteiger partial charge on any atom is 0.171 e. The predicted octanol–water partition coefficient (Wildman–Crippen LogP) is 2.55. The van der Waals surface area contributed by atoms with E-state index in [1.54, 1.807) is 14.2 Å². The Kier molecular flexibility index (Phi) is 5.98. The number of hydrogen-bond donors (Lipinski definition) is 1. The minimum absolute atomic E-state index is 0.141. The number of nitrogens with one attached hydrogen (secondary N) is 1. The van der Waals surface area contributed by atoms with Crippen molar-refractivity contribution in [1.29, 1.82) is 0 Å². The fourth-order valence-electron chi connectivity index (χ4n) is 1.51. The molecule has 1 N–H and O–H groups in total. The van der Waals surface area contributed by atoms with Crippen molar-refractivity contribution in [2.24, 2.45) is 0 Å². The molecule has 0 aromatic heterocycles. The van der Waals surface area contributed by atoms with Crippen LogP contribution in [0.1, 0.15) is 12.5 Å². The monoisotopic (exact) mass is 287 g/mol. The molecule has 4 heteroatoms. The van der Waals surface area contributed by atoms with Crippen LogP contribution in [0.2, 0.25) is 0 Å². The van der Waals surface area contributed by atoms with Gasteiger partial charge in [-0.15, -0.1) is 0 Å². The highest BCUT2D eigenvalue weighted by molar-refractivity contribution is 9.10. The van der Waals surface area contributed by atoms with Crippen LogP contribution in [0.15, 0.2) is 28.7 Å². The van der Waals surface area contributed by atoms with Crippen molar-refractivity contribution in [2.75, 3.05) is 14.2 Å². The lowest BCUT2D eigenvalue weighted by Gasteiger charge is -2.22. The first-order valence-electron chi connectivity index (χ1n) is 5.21. The second kappa shape index (κ2) is 7.01. The molecule has 0 aliphatic carbocycles. The number of halogens is 1. The van der Waals surface area contributed by atoms with Crippen molar-refractivity contribution in [3.05, 3.63) is 34.3 Å². The number of benzene rings is 1. The zero-order chi connectivity index (χ0) is 12.0. The van der Waals surface area contributed by atoms with E-state index in [9.17, 15) is 0 Å². The first kappa shape index (κ1) is 13.6. The summed E-state index contributed by atoms with van der Waals surface area (Å²) in [4.78, 5) is 0. The smallest absolute Gasteiger partial charge is 0.171 e. The molecule has 90 valence electrons. The standard InChI is InChI=1S/C12H18BrNO2/c1-9(12(15-2)16-3)14-8-10-6-4-5-7-11(10)13/h4-7,9,12,14H,8H2,1-3H3. The molecule has 0 fully saturated rings. The van der Waals surface area contributed by atoms with Crippen molar-refractivity contribution in [2.45, 2.75) is 25.8 Å². The van der Waals surface area contributed by atoms with Crippen LogP contribution >= 0.6 is 15.9 Å². The van der Waals surface area contributed by atoms with E-state index in [0.717, 1.165) is 11.0 Å². The molecule has 1 atom stereocenters. The van der Waals surface area contributed by atoms with Crippen molar-refractivity contribution in [3.63, 3.8) is 0 Å². The van der Waals surface area contributed by atoms with Gasteiger partial charge >= 0.3 is 0 Å². The molecule has 0 saturated heterocycles. The molecular formula is C12H18BrNO2. The lowest BCUT2D eigenvalue weighted by molar-refractivity contribution is -0.119. The summed E-state index contributed by atoms with van der Waals surface area (Å²) in [6.45, 7) is 2.82. The van der Waals surface area contributed by atoms with Gasteiger partial charge in [-0.25, -0.2) is 0 Å². The summed E-state index contributed by atoms with van der Waals surface area (Å²) in [7, 11) is 3.29. The van der Waals surface area contributed by atoms with E-state index in [4.69, 9.17) is 9.47 Å². The largest absolute Gasteiger partial charge is 0.354 e. The summed E-state index contributed by atoms with van der Waals surface area (Å²) in [5, 5.41) is 3.36. The molecule has 1 rings (SSSR count). The quantitative estimate of drug-likeness (QED) is 0.816. The lowest BCUT2D eigenvalue weighted by atomic mass is 10.2. The topological polar surface area (TPSA) is 30.5 Å². The van der Waals surface area contributed by atoms with Gasteiger partial charge in [-0.3, -0.25) is 0 Å². The summed E-state index contributed by atoms with van der Waals surface area (Å²) in [5.74, 6) is 0. The fourth-order valence-corrected chi connectivity index (χ4v) is 1.94. The average Bonchev–Trinajstić information content (AvgIpc) is 2.29. The van der Waals surface area contributed by atoms with E-state index in [1.807, 2.05) is 25.1 Å². The van der Waals surface area contributed by atoms with Crippen LogP contribution in [0.25, 0.3) is 0 Å². The Bertz CT molecular complexity index is 316. The molecule has 0 heterocycles. The molecule has 0 aliphatic rings. The zero-order valence-corrected chi connectivity index (χ0v) is 11.5. The minimum Gasteiger partial charge on any atom is -0.354 e. The Hall–Kier alpha value is -0.420. The van der Waals surface area contributed by atoms with Gasteiger partial charge in [0.05, 0.1) is 6.04 Å². The summed E-state index contributed by atoms with van der Waals surface area (Å²) in [6, 6.07) is 8.28. The number of methoxy groups -OCH3 is 2. The van der Waals surface area contributed by atoms with Crippen molar-refractivity contribution < 1.29 is 9.47 Å². The number of rotatable bonds is 6. The Labute approximate surface area is 105 Å². The van der Waals surface area contributed by atoms with E-state index in [1.165, 1.54) is 5.56 Å². The third-order valence-corrected chi connectivity index (χ3v) is 3.22. The molecule has 0 aliphatic heterocycles. The molecular weight excluding hydrogens is 270 g/mol. The molecule has 1 aromatic carbocycles. The van der Waals surface area contributed by atoms with Crippen LogP contribution in [0.3, 0.4) is 0 Å². The summed E-state index contributed by atoms with van der Waals surface area (Å²) < 4.78 is 11.5. The molecule has 3 nitrogen and oxygen atoms in total. The summed E-state index contributed by atoms with van der Waals surface area (Å²) in [5.41, 5.74) is 1.22. The molecule has 0 spiro atoms. The first-order valence-corrected chi connectivity index (χ1v) is 6.00. The van der Waals surface area contributed by atoms with E-state index in [2.05, 4.69) is 27.3 Å². The minimum atomic E-state index is -0.220. The first-order chi connectivity index (χ1) is 7.69. The van der Waals surface area contributed by atoms with Gasteiger partial charge in [-0.1, -0.05) is 34.1 Å². The van der Waals surface area contributed by atoms with E-state index in [-0.39, 0.29) is 12.3 Å². The highest BCUT2D eigenvalue weighted by Gasteiger charge is 2.14. The predicted molar refractivity (Wildman–Crippen MR) is 68.2 cm³/mol. The Morgan fingerprint density at radius 1 is 1.25 bits per heavy atom. The Morgan fingerprint density at radius 3 is 2.44 bits per heavy atom. The lowest BCUT2D eigenvalue weighted by Crippen LogP contribution is -2.39. The summed E-state index contributed by atoms with van der Waals surface area (Å²) in [6.07, 6.45) is -0.220. The van der Waals surface area contributed by atoms with Crippen molar-refractivity contribution >= 4 is 15.9 Å². The van der Waals surface area contributed by atoms with Crippen LogP contribution in [0.4, 0.5) is 0 Å². The van der Waals surface area contributed by atoms with Crippen LogP contribution in [0, 0.1) is 0 Å². The maximum atomic E-state index is 5.18. The SMILES string of the molecule is COC(OC)C(C)NCc1ccccc1Br. The molecule has 0 bridgehead atoms. The fraction of sp³-hybridized carbons (Fsp3) is 0.500. The molecule has 16 heavy (non-hydrogen) atoms. The molecule has 0 saturated carbocycles. The van der Waals surface area contributed by atoms with Crippen LogP contribution in [-0.4, -0.2) is 26.6 Å². The van der Waals surface area contributed by atoms with Gasteiger partial charge in [0.15, 0.2) is 6.29 Å². The Morgan fingerprint density at radius 2 is 1.88 bits per heavy atom. The van der Waals surface area contributed by atoms with Crippen LogP contribution < -0.4 is 5.32 Å². The van der Waals surface area contributed by atoms with Gasteiger partial charge < -0.3 is 14.8 Å². The van der Waals surface area contributed by atoms with Gasteiger partial charge in [0, 0.05) is 25.2 Å². The highest BCUT2D eigenvalue weighted by atomic mass is 79.9. The van der Waals surface area contributed by atoms with E-state index < -0.39 is 0 Å². The van der Waals surface area contributed by atoms with E-state index in [0.29, 0.717) is 0 Å². The molecule has 0 amide bonds. The normalized spacial score (nSPS) is 13.1. The van der Waals surface area contributed by atoms with E-state index >= 15 is 0 Å². The second-order valence-electron chi connectivity index (χ2n) is 3.60. The Balaban J connectivity index is 2.48. The average molecular weight is 288 g/mol.